The van der Waals surface area contributed by atoms with Crippen LogP contribution >= 0.6 is 0 Å². The van der Waals surface area contributed by atoms with Crippen LogP contribution < -0.4 is 11.1 Å². The van der Waals surface area contributed by atoms with Crippen LogP contribution in [0.3, 0.4) is 0 Å². The maximum atomic E-state index is 11.9. The molecule has 1 rings (SSSR count). The lowest BCUT2D eigenvalue weighted by atomic mass is 9.84. The van der Waals surface area contributed by atoms with Gasteiger partial charge in [0.25, 0.3) is 0 Å². The molecule has 1 fully saturated rings. The van der Waals surface area contributed by atoms with Crippen LogP contribution in [0.25, 0.3) is 0 Å². The number of carbonyl (C=O) groups is 2. The molecule has 0 saturated carbocycles. The van der Waals surface area contributed by atoms with Crippen LogP contribution in [0.5, 0.6) is 0 Å². The van der Waals surface area contributed by atoms with Crippen LogP contribution in [0, 0.1) is 5.41 Å². The standard InChI is InChI=1S/C13H24N2O4/c1-12(2,4-3-10(16)17)5-7-15-11(18)13(14)6-8-19-9-13/h3-9,14H2,1-2H3,(H,15,18)(H,16,17). The zero-order valence-electron chi connectivity index (χ0n) is 11.7. The fraction of sp³-hybridized carbons (Fsp3) is 0.846. The van der Waals surface area contributed by atoms with E-state index in [0.29, 0.717) is 26.0 Å². The molecule has 6 heteroatoms. The van der Waals surface area contributed by atoms with Crippen LogP contribution in [0.1, 0.15) is 39.5 Å². The van der Waals surface area contributed by atoms with E-state index < -0.39 is 11.5 Å². The lowest BCUT2D eigenvalue weighted by molar-refractivity contribution is -0.137. The van der Waals surface area contributed by atoms with Gasteiger partial charge in [-0.2, -0.15) is 0 Å². The number of carboxylic acids is 1. The number of nitrogens with one attached hydrogen (secondary N) is 1. The molecule has 1 amide bonds. The lowest BCUT2D eigenvalue weighted by Gasteiger charge is -2.26. The van der Waals surface area contributed by atoms with Crippen LogP contribution in [0.15, 0.2) is 0 Å². The smallest absolute Gasteiger partial charge is 0.303 e. The zero-order valence-corrected chi connectivity index (χ0v) is 11.7. The third-order valence-corrected chi connectivity index (χ3v) is 3.61. The molecule has 6 nitrogen and oxygen atoms in total. The third-order valence-electron chi connectivity index (χ3n) is 3.61. The fourth-order valence-corrected chi connectivity index (χ4v) is 2.02. The highest BCUT2D eigenvalue weighted by Gasteiger charge is 2.38. The van der Waals surface area contributed by atoms with Gasteiger partial charge >= 0.3 is 5.97 Å². The summed E-state index contributed by atoms with van der Waals surface area (Å²) in [5, 5.41) is 11.5. The maximum absolute atomic E-state index is 11.9. The number of amides is 1. The molecule has 1 aliphatic rings. The number of hydrogen-bond donors (Lipinski definition) is 3. The molecular weight excluding hydrogens is 248 g/mol. The van der Waals surface area contributed by atoms with Crippen LogP contribution in [0.4, 0.5) is 0 Å². The van der Waals surface area contributed by atoms with Gasteiger partial charge in [-0.15, -0.1) is 0 Å². The van der Waals surface area contributed by atoms with Gasteiger partial charge in [0.2, 0.25) is 5.91 Å². The maximum Gasteiger partial charge on any atom is 0.303 e. The van der Waals surface area contributed by atoms with Crippen molar-refractivity contribution >= 4 is 11.9 Å². The first-order chi connectivity index (χ1) is 8.75. The lowest BCUT2D eigenvalue weighted by Crippen LogP contribution is -2.54. The van der Waals surface area contributed by atoms with Crippen molar-refractivity contribution < 1.29 is 19.4 Å². The first-order valence-electron chi connectivity index (χ1n) is 6.62. The van der Waals surface area contributed by atoms with Gasteiger partial charge in [-0.25, -0.2) is 0 Å². The van der Waals surface area contributed by atoms with Crippen molar-refractivity contribution in [2.24, 2.45) is 11.1 Å². The Morgan fingerprint density at radius 3 is 2.63 bits per heavy atom. The summed E-state index contributed by atoms with van der Waals surface area (Å²) in [4.78, 5) is 22.5. The van der Waals surface area contributed by atoms with Crippen molar-refractivity contribution in [1.82, 2.24) is 5.32 Å². The van der Waals surface area contributed by atoms with E-state index in [2.05, 4.69) is 5.32 Å². The summed E-state index contributed by atoms with van der Waals surface area (Å²) in [6, 6.07) is 0. The first kappa shape index (κ1) is 15.9. The van der Waals surface area contributed by atoms with Gasteiger partial charge < -0.3 is 20.9 Å². The van der Waals surface area contributed by atoms with Gasteiger partial charge in [0.05, 0.1) is 6.61 Å². The number of aliphatic carboxylic acids is 1. The second-order valence-corrected chi connectivity index (χ2v) is 6.02. The molecule has 1 unspecified atom stereocenters. The van der Waals surface area contributed by atoms with Crippen LogP contribution in [-0.2, 0) is 14.3 Å². The van der Waals surface area contributed by atoms with Crippen molar-refractivity contribution in [3.8, 4) is 0 Å². The van der Waals surface area contributed by atoms with Gasteiger partial charge in [-0.3, -0.25) is 9.59 Å². The molecule has 4 N–H and O–H groups in total. The number of ether oxygens (including phenoxy) is 1. The van der Waals surface area contributed by atoms with Gasteiger partial charge in [0, 0.05) is 19.6 Å². The molecule has 1 atom stereocenters. The second-order valence-electron chi connectivity index (χ2n) is 6.02. The Morgan fingerprint density at radius 2 is 2.11 bits per heavy atom. The monoisotopic (exact) mass is 272 g/mol. The van der Waals surface area contributed by atoms with Gasteiger partial charge in [-0.05, 0) is 24.7 Å². The van der Waals surface area contributed by atoms with Crippen molar-refractivity contribution in [3.63, 3.8) is 0 Å². The number of carbonyl (C=O) groups excluding carboxylic acids is 1. The molecule has 0 aromatic heterocycles. The average Bonchev–Trinajstić information content (AvgIpc) is 2.75. The zero-order chi connectivity index (χ0) is 14.5. The Bertz CT molecular complexity index is 336. The molecule has 0 bridgehead atoms. The Labute approximate surface area is 113 Å². The largest absolute Gasteiger partial charge is 0.481 e. The quantitative estimate of drug-likeness (QED) is 0.626. The first-order valence-corrected chi connectivity index (χ1v) is 6.62. The van der Waals surface area contributed by atoms with Crippen molar-refractivity contribution in [2.45, 2.75) is 45.1 Å². The minimum atomic E-state index is -0.898. The molecule has 110 valence electrons. The highest BCUT2D eigenvalue weighted by Crippen LogP contribution is 2.26. The van der Waals surface area contributed by atoms with Gasteiger partial charge in [0.15, 0.2) is 0 Å². The molecule has 1 saturated heterocycles. The Balaban J connectivity index is 2.29. The summed E-state index contributed by atoms with van der Waals surface area (Å²) in [7, 11) is 0. The SMILES string of the molecule is CC(C)(CCNC(=O)C1(N)CCOC1)CCC(=O)O. The van der Waals surface area contributed by atoms with E-state index in [1.165, 1.54) is 0 Å². The fourth-order valence-electron chi connectivity index (χ4n) is 2.02. The van der Waals surface area contributed by atoms with E-state index in [4.69, 9.17) is 15.6 Å². The summed E-state index contributed by atoms with van der Waals surface area (Å²) >= 11 is 0. The summed E-state index contributed by atoms with van der Waals surface area (Å²) < 4.78 is 5.14. The predicted molar refractivity (Wildman–Crippen MR) is 70.6 cm³/mol. The number of hydrogen-bond acceptors (Lipinski definition) is 4. The van der Waals surface area contributed by atoms with Gasteiger partial charge in [-0.1, -0.05) is 13.8 Å². The van der Waals surface area contributed by atoms with E-state index in [0.717, 1.165) is 6.42 Å². The summed E-state index contributed by atoms with van der Waals surface area (Å²) in [5.74, 6) is -0.972. The highest BCUT2D eigenvalue weighted by atomic mass is 16.5. The minimum absolute atomic E-state index is 0.112. The van der Waals surface area contributed by atoms with E-state index in [1.54, 1.807) is 0 Å². The van der Waals surface area contributed by atoms with Crippen LogP contribution in [0.2, 0.25) is 0 Å². The number of rotatable bonds is 7. The number of carboxylic acid groups (broad SMARTS) is 1. The van der Waals surface area contributed by atoms with Crippen molar-refractivity contribution in [1.29, 1.82) is 0 Å². The Morgan fingerprint density at radius 1 is 1.42 bits per heavy atom. The van der Waals surface area contributed by atoms with E-state index in [-0.39, 0.29) is 24.3 Å². The van der Waals surface area contributed by atoms with E-state index in [9.17, 15) is 9.59 Å². The highest BCUT2D eigenvalue weighted by molar-refractivity contribution is 5.86. The van der Waals surface area contributed by atoms with E-state index >= 15 is 0 Å². The molecular formula is C13H24N2O4. The summed E-state index contributed by atoms with van der Waals surface area (Å²) in [6.07, 6.45) is 2.01. The van der Waals surface area contributed by atoms with Crippen LogP contribution in [-0.4, -0.2) is 42.3 Å². The molecule has 19 heavy (non-hydrogen) atoms. The van der Waals surface area contributed by atoms with Crippen molar-refractivity contribution in [3.05, 3.63) is 0 Å². The molecule has 0 aromatic rings. The second kappa shape index (κ2) is 6.34. The molecule has 0 radical (unpaired) electrons. The normalized spacial score (nSPS) is 23.3. The van der Waals surface area contributed by atoms with E-state index in [1.807, 2.05) is 13.8 Å². The average molecular weight is 272 g/mol. The molecule has 1 heterocycles. The van der Waals surface area contributed by atoms with Crippen molar-refractivity contribution in [2.75, 3.05) is 19.8 Å². The molecule has 1 aliphatic heterocycles. The molecule has 0 aromatic carbocycles. The third kappa shape index (κ3) is 5.16. The predicted octanol–water partition coefficient (Wildman–Crippen LogP) is 0.502. The Kier molecular flexibility index (Phi) is 5.31. The molecule has 0 spiro atoms. The summed E-state index contributed by atoms with van der Waals surface area (Å²) in [5.41, 5.74) is 4.93. The Hall–Kier alpha value is -1.14. The summed E-state index contributed by atoms with van der Waals surface area (Å²) in [6.45, 7) is 5.29. The minimum Gasteiger partial charge on any atom is -0.481 e. The van der Waals surface area contributed by atoms with Gasteiger partial charge in [0.1, 0.15) is 5.54 Å². The number of nitrogens with two attached hydrogens (primary N) is 1. The topological polar surface area (TPSA) is 102 Å². The molecule has 0 aliphatic carbocycles.